The zero-order valence-corrected chi connectivity index (χ0v) is 22.9. The van der Waals surface area contributed by atoms with Crippen molar-refractivity contribution in [3.05, 3.63) is 124 Å². The van der Waals surface area contributed by atoms with Crippen molar-refractivity contribution in [1.82, 2.24) is 0 Å². The number of carbonyl (C=O) groups is 1. The van der Waals surface area contributed by atoms with Gasteiger partial charge in [0.2, 0.25) is 10.0 Å². The van der Waals surface area contributed by atoms with Gasteiger partial charge < -0.3 is 5.32 Å². The molecule has 0 unspecified atom stereocenters. The molecule has 0 bridgehead atoms. The summed E-state index contributed by atoms with van der Waals surface area (Å²) >= 11 is 8.01. The van der Waals surface area contributed by atoms with Crippen LogP contribution in [0.2, 0.25) is 5.02 Å². The molecule has 37 heavy (non-hydrogen) atoms. The highest BCUT2D eigenvalue weighted by Crippen LogP contribution is 2.27. The second kappa shape index (κ2) is 11.9. The quantitative estimate of drug-likeness (QED) is 0.224. The predicted octanol–water partition coefficient (Wildman–Crippen LogP) is 7.16. The van der Waals surface area contributed by atoms with E-state index in [-0.39, 0.29) is 12.5 Å². The van der Waals surface area contributed by atoms with Crippen LogP contribution in [-0.4, -0.2) is 20.6 Å². The minimum absolute atomic E-state index is 0.0954. The fraction of sp³-hybridized carbons (Fsp3) is 0.138. The fourth-order valence-corrected chi connectivity index (χ4v) is 5.73. The molecule has 1 N–H and O–H groups in total. The number of benzene rings is 4. The zero-order chi connectivity index (χ0) is 26.4. The van der Waals surface area contributed by atoms with E-state index in [1.807, 2.05) is 43.3 Å². The number of hydrogen-bond acceptors (Lipinski definition) is 4. The van der Waals surface area contributed by atoms with E-state index < -0.39 is 10.0 Å². The van der Waals surface area contributed by atoms with Crippen LogP contribution >= 0.6 is 23.4 Å². The lowest BCUT2D eigenvalue weighted by atomic mass is 10.1. The number of halogens is 1. The smallest absolute Gasteiger partial charge is 0.255 e. The number of carbonyl (C=O) groups excluding carboxylic acids is 1. The first-order valence-electron chi connectivity index (χ1n) is 11.6. The largest absolute Gasteiger partial charge is 0.322 e. The molecule has 0 fully saturated rings. The molecule has 0 aromatic heterocycles. The number of sulfonamides is 1. The number of hydrogen-bond donors (Lipinski definition) is 1. The second-order valence-corrected chi connectivity index (χ2v) is 12.0. The van der Waals surface area contributed by atoms with Gasteiger partial charge in [-0.2, -0.15) is 0 Å². The summed E-state index contributed by atoms with van der Waals surface area (Å²) in [7, 11) is -3.57. The topological polar surface area (TPSA) is 66.5 Å². The van der Waals surface area contributed by atoms with Gasteiger partial charge in [0.1, 0.15) is 0 Å². The molecule has 1 amide bonds. The number of nitrogens with zero attached hydrogens (tertiary/aromatic N) is 1. The highest BCUT2D eigenvalue weighted by Gasteiger charge is 2.19. The van der Waals surface area contributed by atoms with Gasteiger partial charge in [-0.25, -0.2) is 8.42 Å². The Morgan fingerprint density at radius 3 is 2.24 bits per heavy atom. The molecule has 4 aromatic carbocycles. The second-order valence-electron chi connectivity index (χ2n) is 8.61. The van der Waals surface area contributed by atoms with Crippen molar-refractivity contribution in [2.24, 2.45) is 0 Å². The van der Waals surface area contributed by atoms with E-state index in [0.717, 1.165) is 23.3 Å². The minimum atomic E-state index is -3.57. The summed E-state index contributed by atoms with van der Waals surface area (Å²) in [6, 6.07) is 29.8. The Balaban J connectivity index is 1.44. The zero-order valence-electron chi connectivity index (χ0n) is 20.5. The Kier molecular flexibility index (Phi) is 8.59. The Hall–Kier alpha value is -3.26. The lowest BCUT2D eigenvalue weighted by Crippen LogP contribution is -2.29. The number of thioether (sulfide) groups is 1. The number of nitrogens with one attached hydrogen (secondary N) is 1. The molecular formula is C29H27ClN2O3S2. The summed E-state index contributed by atoms with van der Waals surface area (Å²) < 4.78 is 26.3. The highest BCUT2D eigenvalue weighted by molar-refractivity contribution is 7.98. The molecule has 0 heterocycles. The van der Waals surface area contributed by atoms with Crippen LogP contribution in [0.4, 0.5) is 11.4 Å². The molecule has 0 spiro atoms. The van der Waals surface area contributed by atoms with Crippen molar-refractivity contribution < 1.29 is 13.2 Å². The molecule has 8 heteroatoms. The average molecular weight is 551 g/mol. The van der Waals surface area contributed by atoms with Gasteiger partial charge in [-0.3, -0.25) is 9.10 Å². The Labute approximate surface area is 227 Å². The lowest BCUT2D eigenvalue weighted by molar-refractivity contribution is 0.102. The first-order valence-corrected chi connectivity index (χ1v) is 14.8. The molecule has 4 aromatic rings. The van der Waals surface area contributed by atoms with Gasteiger partial charge in [-0.05, 0) is 72.1 Å². The van der Waals surface area contributed by atoms with E-state index in [4.69, 9.17) is 11.6 Å². The fourth-order valence-electron chi connectivity index (χ4n) is 3.79. The molecule has 0 saturated heterocycles. The molecule has 5 nitrogen and oxygen atoms in total. The van der Waals surface area contributed by atoms with Gasteiger partial charge in [0, 0.05) is 26.9 Å². The molecule has 0 saturated carbocycles. The van der Waals surface area contributed by atoms with E-state index in [0.29, 0.717) is 21.8 Å². The van der Waals surface area contributed by atoms with Crippen molar-refractivity contribution in [2.45, 2.75) is 24.1 Å². The molecule has 0 aliphatic heterocycles. The van der Waals surface area contributed by atoms with Crippen molar-refractivity contribution >= 4 is 50.7 Å². The van der Waals surface area contributed by atoms with Crippen molar-refractivity contribution in [1.29, 1.82) is 0 Å². The molecule has 0 radical (unpaired) electrons. The molecule has 190 valence electrons. The van der Waals surface area contributed by atoms with Crippen LogP contribution in [0.3, 0.4) is 0 Å². The summed E-state index contributed by atoms with van der Waals surface area (Å²) in [5, 5.41) is 3.45. The molecule has 0 aliphatic rings. The Morgan fingerprint density at radius 1 is 0.919 bits per heavy atom. The van der Waals surface area contributed by atoms with E-state index in [2.05, 4.69) is 23.5 Å². The first-order chi connectivity index (χ1) is 17.7. The van der Waals surface area contributed by atoms with Gasteiger partial charge >= 0.3 is 0 Å². The van der Waals surface area contributed by atoms with Gasteiger partial charge in [0.15, 0.2) is 0 Å². The lowest BCUT2D eigenvalue weighted by Gasteiger charge is -2.23. The van der Waals surface area contributed by atoms with Gasteiger partial charge in [0.25, 0.3) is 5.91 Å². The van der Waals surface area contributed by atoms with Crippen molar-refractivity contribution in [3.8, 4) is 0 Å². The highest BCUT2D eigenvalue weighted by atomic mass is 35.5. The van der Waals surface area contributed by atoms with Crippen LogP contribution in [0.5, 0.6) is 0 Å². The standard InChI is InChI=1S/C29H27ClN2O3S2/c1-21-18-22(20-36-26-9-4-3-5-10-26)12-17-28(21)31-29(33)23-13-15-25(16-14-23)32(37(2,34)35)19-24-8-6-7-11-27(24)30/h3-18H,19-20H2,1-2H3,(H,31,33). The van der Waals surface area contributed by atoms with Crippen molar-refractivity contribution in [2.75, 3.05) is 15.9 Å². The Bertz CT molecular complexity index is 1490. The maximum atomic E-state index is 12.9. The summed E-state index contributed by atoms with van der Waals surface area (Å²) in [4.78, 5) is 14.1. The molecular weight excluding hydrogens is 524 g/mol. The summed E-state index contributed by atoms with van der Waals surface area (Å²) in [6.07, 6.45) is 1.15. The number of aryl methyl sites for hydroxylation is 1. The predicted molar refractivity (Wildman–Crippen MR) is 154 cm³/mol. The third kappa shape index (κ3) is 7.16. The molecule has 0 atom stereocenters. The monoisotopic (exact) mass is 550 g/mol. The van der Waals surface area contributed by atoms with Crippen LogP contribution in [0.1, 0.15) is 27.0 Å². The minimum Gasteiger partial charge on any atom is -0.322 e. The first kappa shape index (κ1) is 26.8. The SMILES string of the molecule is Cc1cc(CSc2ccccc2)ccc1NC(=O)c1ccc(N(Cc2ccccc2Cl)S(C)(=O)=O)cc1. The summed E-state index contributed by atoms with van der Waals surface area (Å²) in [5.74, 6) is 0.573. The van der Waals surface area contributed by atoms with Crippen LogP contribution in [0.15, 0.2) is 102 Å². The average Bonchev–Trinajstić information content (AvgIpc) is 2.88. The Morgan fingerprint density at radius 2 is 1.59 bits per heavy atom. The molecule has 4 rings (SSSR count). The van der Waals surface area contributed by atoms with E-state index in [9.17, 15) is 13.2 Å². The van der Waals surface area contributed by atoms with Crippen LogP contribution < -0.4 is 9.62 Å². The maximum Gasteiger partial charge on any atom is 0.255 e. The van der Waals surface area contributed by atoms with Crippen molar-refractivity contribution in [3.63, 3.8) is 0 Å². The van der Waals surface area contributed by atoms with E-state index in [1.54, 1.807) is 54.2 Å². The normalized spacial score (nSPS) is 11.2. The maximum absolute atomic E-state index is 12.9. The van der Waals surface area contributed by atoms with Crippen LogP contribution in [0, 0.1) is 6.92 Å². The van der Waals surface area contributed by atoms with Gasteiger partial charge in [-0.15, -0.1) is 11.8 Å². The van der Waals surface area contributed by atoms with Crippen LogP contribution in [0.25, 0.3) is 0 Å². The third-order valence-electron chi connectivity index (χ3n) is 5.78. The van der Waals surface area contributed by atoms with E-state index in [1.165, 1.54) is 14.8 Å². The van der Waals surface area contributed by atoms with Crippen LogP contribution in [-0.2, 0) is 22.3 Å². The molecule has 0 aliphatic carbocycles. The number of anilines is 2. The van der Waals surface area contributed by atoms with Gasteiger partial charge in [0.05, 0.1) is 18.5 Å². The third-order valence-corrected chi connectivity index (χ3v) is 8.37. The summed E-state index contributed by atoms with van der Waals surface area (Å²) in [6.45, 7) is 2.06. The summed E-state index contributed by atoms with van der Waals surface area (Å²) in [5.41, 5.74) is 4.46. The van der Waals surface area contributed by atoms with E-state index >= 15 is 0 Å². The number of rotatable bonds is 9. The van der Waals surface area contributed by atoms with Gasteiger partial charge in [-0.1, -0.05) is 60.1 Å². The number of amides is 1.